The van der Waals surface area contributed by atoms with Gasteiger partial charge in [0.2, 0.25) is 0 Å². The predicted molar refractivity (Wildman–Crippen MR) is 22.6 cm³/mol. The van der Waals surface area contributed by atoms with Gasteiger partial charge in [-0.15, -0.1) is 0 Å². The smallest absolute Gasteiger partial charge is 0.907 e. The fraction of sp³-hybridized carbons (Fsp3) is 0. The van der Waals surface area contributed by atoms with Crippen LogP contribution in [0.25, 0.3) is 0 Å². The van der Waals surface area contributed by atoms with Gasteiger partial charge >= 0.3 is 55.8 Å². The fourth-order valence-electron chi connectivity index (χ4n) is 0. The molecular formula is H3BMgO3PY+2. The number of hydrogen-bond donors (Lipinski definition) is 0. The van der Waals surface area contributed by atoms with Gasteiger partial charge in [0.05, 0.1) is 0 Å². The molecule has 0 aliphatic heterocycles. The molecule has 0 saturated heterocycles. The second kappa shape index (κ2) is 15.7. The van der Waals surface area contributed by atoms with Gasteiger partial charge in [0, 0.05) is 0 Å². The second-order valence-corrected chi connectivity index (χ2v) is 0.289. The third kappa shape index (κ3) is 63.8. The molecule has 0 saturated carbocycles. The maximum atomic E-state index is 8.42. The van der Waals surface area contributed by atoms with Gasteiger partial charge in [0.15, 0.2) is 0 Å². The molecule has 0 fully saturated rings. The van der Waals surface area contributed by atoms with E-state index in [1.54, 1.807) is 0 Å². The topological polar surface area (TPSA) is 69.2 Å². The molecule has 0 spiro atoms. The van der Waals surface area contributed by atoms with Crippen LogP contribution >= 0.6 is 9.90 Å². The van der Waals surface area contributed by atoms with Crippen LogP contribution in [0.2, 0.25) is 0 Å². The van der Waals surface area contributed by atoms with Gasteiger partial charge in [0.25, 0.3) is 0 Å². The third-order valence-corrected chi connectivity index (χ3v) is 0. The maximum absolute atomic E-state index is 8.42. The third-order valence-electron chi connectivity index (χ3n) is 0. The first kappa shape index (κ1) is 22.8. The van der Waals surface area contributed by atoms with E-state index in [0.29, 0.717) is 0 Å². The molecule has 0 heterocycles. The van der Waals surface area contributed by atoms with E-state index in [1.807, 2.05) is 0 Å². The van der Waals surface area contributed by atoms with Crippen LogP contribution in [-0.4, -0.2) is 30.4 Å². The summed E-state index contributed by atoms with van der Waals surface area (Å²) in [7, 11) is -2.92. The van der Waals surface area contributed by atoms with Gasteiger partial charge in [0.1, 0.15) is 0 Å². The van der Waals surface area contributed by atoms with Crippen LogP contribution in [0.4, 0.5) is 0 Å². The molecule has 0 aromatic rings. The van der Waals surface area contributed by atoms with Crippen LogP contribution in [0.3, 0.4) is 0 Å². The summed E-state index contributed by atoms with van der Waals surface area (Å²) in [4.78, 5) is 0. The Morgan fingerprint density at radius 3 is 1.00 bits per heavy atom. The van der Waals surface area contributed by atoms with E-state index in [2.05, 4.69) is 0 Å². The first-order valence-electron chi connectivity index (χ1n) is 0.707. The van der Waals surface area contributed by atoms with Crippen LogP contribution in [0.5, 0.6) is 0 Å². The summed E-state index contributed by atoms with van der Waals surface area (Å²) in [6, 6.07) is 0. The minimum absolute atomic E-state index is 0. The Hall–Kier alpha value is 2.25. The van der Waals surface area contributed by atoms with Crippen molar-refractivity contribution in [1.29, 1.82) is 0 Å². The molecule has 1 atom stereocenters. The maximum Gasteiger partial charge on any atom is 3.00 e. The predicted octanol–water partition coefficient (Wildman–Crippen LogP) is -4.27. The zero-order chi connectivity index (χ0) is 3.58. The molecular weight excluding hydrogens is 203 g/mol. The summed E-state index contributed by atoms with van der Waals surface area (Å²) in [5.74, 6) is 0. The van der Waals surface area contributed by atoms with Crippen LogP contribution in [0.15, 0.2) is 0 Å². The Kier molecular flexibility index (Phi) is 51.3. The van der Waals surface area contributed by atoms with Crippen molar-refractivity contribution in [3.05, 3.63) is 0 Å². The van der Waals surface area contributed by atoms with Gasteiger partial charge in [-0.05, 0) is 0 Å². The van der Waals surface area contributed by atoms with Gasteiger partial charge in [-0.3, -0.25) is 7.32 Å². The quantitative estimate of drug-likeness (QED) is 0.297. The van der Waals surface area contributed by atoms with E-state index in [9.17, 15) is 0 Å². The Bertz CT molecular complexity index is 19.7. The second-order valence-electron chi connectivity index (χ2n) is 0.289. The molecule has 3 nitrogen and oxygen atoms in total. The Labute approximate surface area is 87.1 Å². The minimum atomic E-state index is -2.92. The van der Waals surface area contributed by atoms with Crippen molar-refractivity contribution in [2.75, 3.05) is 0 Å². The average molecular weight is 206 g/mol. The van der Waals surface area contributed by atoms with E-state index >= 15 is 0 Å². The zero-order valence-electron chi connectivity index (χ0n) is 3.79. The van der Waals surface area contributed by atoms with Gasteiger partial charge < -0.3 is 15.1 Å². The van der Waals surface area contributed by atoms with Crippen molar-refractivity contribution in [3.8, 4) is 0 Å². The summed E-state index contributed by atoms with van der Waals surface area (Å²) in [5.41, 5.74) is 0. The monoisotopic (exact) mass is 206 g/mol. The molecule has 0 aliphatic carbocycles. The first-order chi connectivity index (χ1) is 1.73. The molecule has 0 aliphatic rings. The van der Waals surface area contributed by atoms with Crippen molar-refractivity contribution in [3.63, 3.8) is 0 Å². The average Bonchev–Trinajstić information content (AvgIpc) is 0.811. The molecule has 0 N–H and O–H groups in total. The summed E-state index contributed by atoms with van der Waals surface area (Å²) < 4.78 is 0. The van der Waals surface area contributed by atoms with Crippen LogP contribution in [-0.2, 0) is 32.7 Å². The normalized spacial score (nSPS) is 3.86. The summed E-state index contributed by atoms with van der Waals surface area (Å²) >= 11 is 0. The summed E-state index contributed by atoms with van der Waals surface area (Å²) in [6.45, 7) is 0. The van der Waals surface area contributed by atoms with Crippen molar-refractivity contribution in [2.45, 2.75) is 0 Å². The van der Waals surface area contributed by atoms with Crippen molar-refractivity contribution >= 4 is 40.3 Å². The molecule has 7 heteroatoms. The van der Waals surface area contributed by atoms with Gasteiger partial charge in [-0.25, -0.2) is 0 Å². The standard InChI is InChI=1S/BO3.Mg.H3P.Y/c2-1(3)4;;;/h;;1H3;/q-3;+2;;+3. The fourth-order valence-corrected chi connectivity index (χ4v) is 0. The number of rotatable bonds is 0. The van der Waals surface area contributed by atoms with Crippen molar-refractivity contribution in [1.82, 2.24) is 0 Å². The molecule has 0 aromatic carbocycles. The van der Waals surface area contributed by atoms with Gasteiger partial charge in [-0.1, -0.05) is 0 Å². The molecule has 0 amide bonds. The summed E-state index contributed by atoms with van der Waals surface area (Å²) in [5, 5.41) is 25.2. The molecule has 32 valence electrons. The SMILES string of the molecule is P.[Mg+2].[O-]B([O-])[O-].[Y+3]. The van der Waals surface area contributed by atoms with E-state index < -0.39 is 7.32 Å². The van der Waals surface area contributed by atoms with Crippen LogP contribution in [0.1, 0.15) is 0 Å². The Balaban J connectivity index is -0.0000000150. The van der Waals surface area contributed by atoms with Crippen LogP contribution in [0, 0.1) is 0 Å². The Morgan fingerprint density at radius 1 is 1.00 bits per heavy atom. The molecule has 1 unspecified atom stereocenters. The van der Waals surface area contributed by atoms with Crippen LogP contribution < -0.4 is 15.1 Å². The van der Waals surface area contributed by atoms with E-state index in [4.69, 9.17) is 15.1 Å². The van der Waals surface area contributed by atoms with Gasteiger partial charge in [-0.2, -0.15) is 9.90 Å². The molecule has 0 rings (SSSR count). The van der Waals surface area contributed by atoms with E-state index in [1.165, 1.54) is 0 Å². The Morgan fingerprint density at radius 2 is 1.00 bits per heavy atom. The van der Waals surface area contributed by atoms with E-state index in [-0.39, 0.29) is 65.7 Å². The van der Waals surface area contributed by atoms with Crippen molar-refractivity contribution < 1.29 is 47.8 Å². The van der Waals surface area contributed by atoms with E-state index in [0.717, 1.165) is 0 Å². The zero-order valence-corrected chi connectivity index (χ0v) is 9.46. The number of hydrogen-bond acceptors (Lipinski definition) is 3. The molecule has 7 heavy (non-hydrogen) atoms. The van der Waals surface area contributed by atoms with Crippen molar-refractivity contribution in [2.24, 2.45) is 0 Å². The first-order valence-corrected chi connectivity index (χ1v) is 0.707. The summed E-state index contributed by atoms with van der Waals surface area (Å²) in [6.07, 6.45) is 0. The minimum Gasteiger partial charge on any atom is -0.907 e. The molecule has 0 radical (unpaired) electrons. The molecule has 0 bridgehead atoms. The molecule has 0 aromatic heterocycles. The largest absolute Gasteiger partial charge is 3.00 e.